The third-order valence-electron chi connectivity index (χ3n) is 5.51. The van der Waals surface area contributed by atoms with Gasteiger partial charge < -0.3 is 30.8 Å². The average molecular weight is 546 g/mol. The molecule has 1 aromatic carbocycles. The fourth-order valence-electron chi connectivity index (χ4n) is 3.71. The summed E-state index contributed by atoms with van der Waals surface area (Å²) in [5.74, 6) is -1.08. The van der Waals surface area contributed by atoms with Crippen LogP contribution in [0.1, 0.15) is 11.3 Å². The number of thiazole rings is 1. The second-order valence-corrected chi connectivity index (χ2v) is 9.76. The van der Waals surface area contributed by atoms with E-state index in [1.165, 1.54) is 28.1 Å². The molecule has 194 valence electrons. The number of benzene rings is 1. The van der Waals surface area contributed by atoms with Gasteiger partial charge in [-0.25, -0.2) is 9.78 Å². The minimum atomic E-state index is -0.974. The predicted octanol–water partition coefficient (Wildman–Crippen LogP) is 0.858. The number of hydrogen-bond donors (Lipinski definition) is 4. The second-order valence-electron chi connectivity index (χ2n) is 7.76. The molecule has 14 heteroatoms. The van der Waals surface area contributed by atoms with Gasteiger partial charge in [0.15, 0.2) is 10.8 Å². The average Bonchev–Trinajstić information content (AvgIpc) is 3.34. The molecule has 0 spiro atoms. The maximum Gasteiger partial charge on any atom is 0.355 e. The molecule has 1 fully saturated rings. The van der Waals surface area contributed by atoms with E-state index < -0.39 is 29.2 Å². The molecule has 0 bridgehead atoms. The van der Waals surface area contributed by atoms with Gasteiger partial charge in [-0.2, -0.15) is 0 Å². The van der Waals surface area contributed by atoms with Crippen molar-refractivity contribution in [2.45, 2.75) is 18.0 Å². The normalized spacial score (nSPS) is 19.5. The lowest BCUT2D eigenvalue weighted by molar-refractivity contribution is -0.153. The highest BCUT2D eigenvalue weighted by Crippen LogP contribution is 2.41. The van der Waals surface area contributed by atoms with Crippen LogP contribution in [0.5, 0.6) is 5.75 Å². The molecule has 2 aliphatic heterocycles. The summed E-state index contributed by atoms with van der Waals surface area (Å²) < 4.78 is 10.6. The van der Waals surface area contributed by atoms with Gasteiger partial charge in [0.1, 0.15) is 35.2 Å². The summed E-state index contributed by atoms with van der Waals surface area (Å²) in [6, 6.07) is 6.01. The number of nitrogens with one attached hydrogen (secondary N) is 1. The number of allylic oxidation sites excluding steroid dienone is 1. The highest BCUT2D eigenvalue weighted by Gasteiger charge is 2.54. The molecule has 4 rings (SSSR count). The van der Waals surface area contributed by atoms with E-state index in [0.717, 1.165) is 16.9 Å². The van der Waals surface area contributed by atoms with E-state index in [-0.39, 0.29) is 35.4 Å². The van der Waals surface area contributed by atoms with E-state index in [1.54, 1.807) is 37.5 Å². The third kappa shape index (κ3) is 5.45. The molecule has 2 atom stereocenters. The zero-order chi connectivity index (χ0) is 26.5. The Bertz CT molecular complexity index is 1290. The summed E-state index contributed by atoms with van der Waals surface area (Å²) in [6.07, 6.45) is 3.02. The van der Waals surface area contributed by atoms with Crippen LogP contribution in [0.4, 0.5) is 5.13 Å². The maximum atomic E-state index is 13.1. The number of β-lactam (4-membered cyclic amide) rings is 1. The number of hydrogen-bond acceptors (Lipinski definition) is 12. The Morgan fingerprint density at radius 3 is 2.73 bits per heavy atom. The molecule has 1 aromatic heterocycles. The van der Waals surface area contributed by atoms with Gasteiger partial charge in [0, 0.05) is 11.1 Å². The monoisotopic (exact) mass is 545 g/mol. The number of oxime groups is 1. The van der Waals surface area contributed by atoms with Crippen LogP contribution >= 0.6 is 23.1 Å². The molecule has 2 aromatic rings. The molecule has 2 amide bonds. The highest BCUT2D eigenvalue weighted by atomic mass is 32.2. The molecule has 37 heavy (non-hydrogen) atoms. The molecular formula is C23H23N5O7S2. The second kappa shape index (κ2) is 11.5. The summed E-state index contributed by atoms with van der Waals surface area (Å²) >= 11 is 2.39. The zero-order valence-corrected chi connectivity index (χ0v) is 21.1. The number of methoxy groups -OCH3 is 1. The number of thioether (sulfide) groups is 1. The van der Waals surface area contributed by atoms with Crippen LogP contribution in [0.2, 0.25) is 0 Å². The minimum Gasteiger partial charge on any atom is -0.497 e. The van der Waals surface area contributed by atoms with Gasteiger partial charge in [-0.1, -0.05) is 29.4 Å². The summed E-state index contributed by atoms with van der Waals surface area (Å²) in [4.78, 5) is 44.1. The first-order valence-corrected chi connectivity index (χ1v) is 12.8. The lowest BCUT2D eigenvalue weighted by atomic mass is 10.0. The van der Waals surface area contributed by atoms with Crippen LogP contribution in [-0.2, 0) is 25.7 Å². The quantitative estimate of drug-likeness (QED) is 0.116. The van der Waals surface area contributed by atoms with E-state index in [1.807, 2.05) is 0 Å². The number of amides is 2. The molecule has 0 unspecified atom stereocenters. The van der Waals surface area contributed by atoms with Crippen LogP contribution in [-0.4, -0.2) is 74.6 Å². The molecule has 2 aliphatic rings. The molecular weight excluding hydrogens is 522 g/mol. The van der Waals surface area contributed by atoms with Crippen molar-refractivity contribution in [2.24, 2.45) is 5.16 Å². The van der Waals surface area contributed by atoms with Crippen molar-refractivity contribution in [3.8, 4) is 5.75 Å². The Labute approximate surface area is 219 Å². The first-order valence-electron chi connectivity index (χ1n) is 10.9. The topological polar surface area (TPSA) is 177 Å². The molecule has 0 radical (unpaired) electrons. The van der Waals surface area contributed by atoms with Crippen molar-refractivity contribution in [2.75, 3.05) is 25.2 Å². The van der Waals surface area contributed by atoms with Gasteiger partial charge in [-0.15, -0.1) is 23.1 Å². The fourth-order valence-corrected chi connectivity index (χ4v) is 5.58. The van der Waals surface area contributed by atoms with Crippen LogP contribution in [0, 0.1) is 0 Å². The van der Waals surface area contributed by atoms with Gasteiger partial charge in [0.05, 0.1) is 13.7 Å². The number of anilines is 1. The van der Waals surface area contributed by atoms with E-state index in [9.17, 15) is 24.7 Å². The van der Waals surface area contributed by atoms with Crippen molar-refractivity contribution in [1.29, 1.82) is 0 Å². The number of fused-ring (bicyclic) bond motifs is 1. The number of nitrogens with zero attached hydrogens (tertiary/aromatic N) is 3. The molecule has 0 aliphatic carbocycles. The zero-order valence-electron chi connectivity index (χ0n) is 19.5. The first kappa shape index (κ1) is 26.2. The summed E-state index contributed by atoms with van der Waals surface area (Å²) in [7, 11) is 1.55. The fraction of sp³-hybridized carbons (Fsp3) is 0.261. The highest BCUT2D eigenvalue weighted by molar-refractivity contribution is 8.00. The number of aliphatic hydroxyl groups excluding tert-OH is 1. The van der Waals surface area contributed by atoms with E-state index in [2.05, 4.69) is 15.5 Å². The van der Waals surface area contributed by atoms with Gasteiger partial charge in [0.2, 0.25) is 0 Å². The minimum absolute atomic E-state index is 0.0313. The van der Waals surface area contributed by atoms with E-state index in [4.69, 9.17) is 15.2 Å². The number of ether oxygens (including phenoxy) is 2. The number of aliphatic hydroxyl groups is 1. The van der Waals surface area contributed by atoms with Crippen LogP contribution in [0.3, 0.4) is 0 Å². The molecule has 1 saturated heterocycles. The number of carbonyl (C=O) groups excluding carboxylic acids is 3. The Morgan fingerprint density at radius 1 is 1.35 bits per heavy atom. The van der Waals surface area contributed by atoms with Crippen molar-refractivity contribution in [1.82, 2.24) is 15.2 Å². The third-order valence-corrected chi connectivity index (χ3v) is 7.49. The van der Waals surface area contributed by atoms with Crippen molar-refractivity contribution in [3.63, 3.8) is 0 Å². The smallest absolute Gasteiger partial charge is 0.355 e. The van der Waals surface area contributed by atoms with Gasteiger partial charge in [-0.05, 0) is 23.3 Å². The van der Waals surface area contributed by atoms with Crippen molar-refractivity contribution < 1.29 is 34.2 Å². The maximum absolute atomic E-state index is 13.1. The van der Waals surface area contributed by atoms with Crippen molar-refractivity contribution in [3.05, 3.63) is 64.3 Å². The summed E-state index contributed by atoms with van der Waals surface area (Å²) in [5, 5.41) is 25.1. The number of nitrogen functional groups attached to an aromatic ring is 1. The number of nitrogens with two attached hydrogens (primary N) is 1. The number of rotatable bonds is 9. The van der Waals surface area contributed by atoms with Crippen LogP contribution < -0.4 is 15.8 Å². The summed E-state index contributed by atoms with van der Waals surface area (Å²) in [5.41, 5.74) is 6.54. The Kier molecular flexibility index (Phi) is 8.11. The standard InChI is InChI=1S/C23H23N5O7S2/c1-34-14-6-4-12(5-7-14)9-35-22(32)18-13(3-2-8-29)10-36-21-17(20(31)28(18)21)26-19(30)16(27-33)15-11-37-23(24)25-15/h2-7,11,17,21,29,33H,8-10H2,1H3,(H2,24,25)(H,26,30)/b3-2-,27-16-/t17-,21-/m1/s1. The Morgan fingerprint density at radius 2 is 2.11 bits per heavy atom. The molecule has 3 heterocycles. The Hall–Kier alpha value is -3.88. The van der Waals surface area contributed by atoms with Crippen LogP contribution in [0.25, 0.3) is 0 Å². The largest absolute Gasteiger partial charge is 0.497 e. The van der Waals surface area contributed by atoms with Crippen molar-refractivity contribution >= 4 is 51.7 Å². The van der Waals surface area contributed by atoms with Crippen LogP contribution in [0.15, 0.2) is 58.2 Å². The predicted molar refractivity (Wildman–Crippen MR) is 136 cm³/mol. The molecule has 12 nitrogen and oxygen atoms in total. The SMILES string of the molecule is COc1ccc(COC(=O)C2=C(/C=C\CO)CS[C@@H]3[C@H](NC(=O)/C(=N\O)c4csc(N)n4)C(=O)N23)cc1. The lowest BCUT2D eigenvalue weighted by Crippen LogP contribution is -2.71. The molecule has 0 saturated carbocycles. The number of esters is 1. The first-order chi connectivity index (χ1) is 17.9. The summed E-state index contributed by atoms with van der Waals surface area (Å²) in [6.45, 7) is -0.279. The van der Waals surface area contributed by atoms with Gasteiger partial charge in [0.25, 0.3) is 11.8 Å². The number of aromatic nitrogens is 1. The lowest BCUT2D eigenvalue weighted by Gasteiger charge is -2.49. The van der Waals surface area contributed by atoms with Gasteiger partial charge in [-0.3, -0.25) is 14.5 Å². The van der Waals surface area contributed by atoms with E-state index >= 15 is 0 Å². The Balaban J connectivity index is 1.50. The molecule has 5 N–H and O–H groups in total. The number of carbonyl (C=O) groups is 3. The van der Waals surface area contributed by atoms with Gasteiger partial charge >= 0.3 is 5.97 Å². The van der Waals surface area contributed by atoms with E-state index in [0.29, 0.717) is 17.1 Å².